The fourth-order valence-corrected chi connectivity index (χ4v) is 2.08. The molecule has 5 heteroatoms. The Kier molecular flexibility index (Phi) is 5.95. The molecule has 0 spiro atoms. The van der Waals surface area contributed by atoms with E-state index in [2.05, 4.69) is 10.6 Å². The number of benzene rings is 1. The lowest BCUT2D eigenvalue weighted by Gasteiger charge is -2.10. The van der Waals surface area contributed by atoms with Crippen molar-refractivity contribution in [3.8, 4) is 5.75 Å². The first-order valence-corrected chi connectivity index (χ1v) is 6.06. The molecule has 1 amide bonds. The van der Waals surface area contributed by atoms with Gasteiger partial charge in [0.2, 0.25) is 5.91 Å². The van der Waals surface area contributed by atoms with Crippen molar-refractivity contribution in [1.82, 2.24) is 5.32 Å². The van der Waals surface area contributed by atoms with Gasteiger partial charge in [-0.15, -0.1) is 12.4 Å². The maximum absolute atomic E-state index is 11.7. The predicted molar refractivity (Wildman–Crippen MR) is 74.2 cm³/mol. The maximum atomic E-state index is 11.7. The zero-order chi connectivity index (χ0) is 12.1. The highest BCUT2D eigenvalue weighted by atomic mass is 35.5. The molecule has 18 heavy (non-hydrogen) atoms. The van der Waals surface area contributed by atoms with Crippen LogP contribution in [0.5, 0.6) is 5.75 Å². The molecule has 1 aliphatic rings. The van der Waals surface area contributed by atoms with E-state index in [4.69, 9.17) is 5.11 Å². The van der Waals surface area contributed by atoms with Crippen LogP contribution in [-0.2, 0) is 4.79 Å². The van der Waals surface area contributed by atoms with Crippen LogP contribution in [0.2, 0.25) is 0 Å². The van der Waals surface area contributed by atoms with Gasteiger partial charge in [0, 0.05) is 18.2 Å². The highest BCUT2D eigenvalue weighted by Crippen LogP contribution is 2.15. The van der Waals surface area contributed by atoms with Gasteiger partial charge in [-0.3, -0.25) is 4.79 Å². The van der Waals surface area contributed by atoms with Gasteiger partial charge in [0.25, 0.3) is 0 Å². The Morgan fingerprint density at radius 1 is 1.39 bits per heavy atom. The van der Waals surface area contributed by atoms with E-state index >= 15 is 0 Å². The normalized spacial score (nSPS) is 18.1. The first kappa shape index (κ1) is 14.8. The fraction of sp³-hybridized carbons (Fsp3) is 0.462. The number of amides is 1. The maximum Gasteiger partial charge on any atom is 0.224 e. The van der Waals surface area contributed by atoms with Crippen LogP contribution in [0.1, 0.15) is 25.7 Å². The average Bonchev–Trinajstić information content (AvgIpc) is 2.83. The summed E-state index contributed by atoms with van der Waals surface area (Å²) in [7, 11) is 0. The Hall–Kier alpha value is -1.26. The van der Waals surface area contributed by atoms with E-state index in [0.717, 1.165) is 18.7 Å². The van der Waals surface area contributed by atoms with E-state index in [-0.39, 0.29) is 24.1 Å². The summed E-state index contributed by atoms with van der Waals surface area (Å²) in [6.07, 6.45) is 3.82. The zero-order valence-electron chi connectivity index (χ0n) is 10.2. The number of hydrogen-bond acceptors (Lipinski definition) is 3. The van der Waals surface area contributed by atoms with E-state index in [1.165, 1.54) is 12.8 Å². The van der Waals surface area contributed by atoms with Crippen LogP contribution < -0.4 is 10.6 Å². The summed E-state index contributed by atoms with van der Waals surface area (Å²) in [6.45, 7) is 1.07. The molecule has 2 rings (SSSR count). The lowest BCUT2D eigenvalue weighted by Crippen LogP contribution is -2.23. The lowest BCUT2D eigenvalue weighted by atomic mass is 10.1. The van der Waals surface area contributed by atoms with Crippen LogP contribution in [0.25, 0.3) is 0 Å². The average molecular weight is 271 g/mol. The number of phenols is 1. The number of phenolic OH excluding ortho intramolecular Hbond substituents is 1. The highest BCUT2D eigenvalue weighted by molar-refractivity contribution is 5.90. The second kappa shape index (κ2) is 7.24. The molecule has 1 aromatic carbocycles. The summed E-state index contributed by atoms with van der Waals surface area (Å²) in [6, 6.07) is 7.02. The molecule has 1 aromatic rings. The van der Waals surface area contributed by atoms with Crippen LogP contribution >= 0.6 is 12.4 Å². The Labute approximate surface area is 113 Å². The monoisotopic (exact) mass is 270 g/mol. The van der Waals surface area contributed by atoms with Crippen LogP contribution in [0.4, 0.5) is 5.69 Å². The summed E-state index contributed by atoms with van der Waals surface area (Å²) in [4.78, 5) is 11.7. The topological polar surface area (TPSA) is 61.4 Å². The minimum atomic E-state index is 0. The summed E-state index contributed by atoms with van der Waals surface area (Å²) >= 11 is 0. The molecule has 0 aromatic heterocycles. The van der Waals surface area contributed by atoms with Crippen molar-refractivity contribution in [2.75, 3.05) is 11.9 Å². The third-order valence-corrected chi connectivity index (χ3v) is 3.03. The molecule has 1 atom stereocenters. The number of carbonyl (C=O) groups is 1. The molecule has 1 fully saturated rings. The highest BCUT2D eigenvalue weighted by Gasteiger charge is 2.15. The quantitative estimate of drug-likeness (QED) is 0.736. The second-order valence-corrected chi connectivity index (χ2v) is 4.43. The van der Waals surface area contributed by atoms with E-state index in [0.29, 0.717) is 12.5 Å². The minimum absolute atomic E-state index is 0. The number of hydrogen-bond donors (Lipinski definition) is 3. The first-order valence-electron chi connectivity index (χ1n) is 6.06. The van der Waals surface area contributed by atoms with Crippen molar-refractivity contribution in [3.63, 3.8) is 0 Å². The van der Waals surface area contributed by atoms with Crippen molar-refractivity contribution in [3.05, 3.63) is 24.3 Å². The molecule has 0 saturated carbocycles. The van der Waals surface area contributed by atoms with Gasteiger partial charge in [-0.05, 0) is 50.1 Å². The van der Waals surface area contributed by atoms with E-state index in [1.54, 1.807) is 24.3 Å². The molecular weight excluding hydrogens is 252 g/mol. The fourth-order valence-electron chi connectivity index (χ4n) is 2.08. The van der Waals surface area contributed by atoms with Crippen molar-refractivity contribution >= 4 is 24.0 Å². The molecule has 1 unspecified atom stereocenters. The van der Waals surface area contributed by atoms with Crippen LogP contribution in [0.3, 0.4) is 0 Å². The van der Waals surface area contributed by atoms with E-state index < -0.39 is 0 Å². The summed E-state index contributed by atoms with van der Waals surface area (Å²) in [5.74, 6) is 0.238. The predicted octanol–water partition coefficient (Wildman–Crippen LogP) is 2.28. The minimum Gasteiger partial charge on any atom is -0.508 e. The first-order chi connectivity index (χ1) is 8.24. The van der Waals surface area contributed by atoms with Crippen LogP contribution in [-0.4, -0.2) is 23.6 Å². The van der Waals surface area contributed by atoms with Gasteiger partial charge < -0.3 is 15.7 Å². The molecule has 4 nitrogen and oxygen atoms in total. The zero-order valence-corrected chi connectivity index (χ0v) is 11.0. The second-order valence-electron chi connectivity index (χ2n) is 4.43. The Bertz CT molecular complexity index is 375. The molecular formula is C13H19ClN2O2. The van der Waals surface area contributed by atoms with Crippen molar-refractivity contribution in [2.45, 2.75) is 31.7 Å². The molecule has 3 N–H and O–H groups in total. The Morgan fingerprint density at radius 3 is 2.72 bits per heavy atom. The molecule has 0 aliphatic carbocycles. The van der Waals surface area contributed by atoms with Gasteiger partial charge >= 0.3 is 0 Å². The van der Waals surface area contributed by atoms with Crippen molar-refractivity contribution < 1.29 is 9.90 Å². The third kappa shape index (κ3) is 4.55. The summed E-state index contributed by atoms with van der Waals surface area (Å²) in [5, 5.41) is 15.3. The van der Waals surface area contributed by atoms with Gasteiger partial charge in [-0.2, -0.15) is 0 Å². The molecule has 100 valence electrons. The number of anilines is 1. The molecule has 0 radical (unpaired) electrons. The third-order valence-electron chi connectivity index (χ3n) is 3.03. The molecule has 0 bridgehead atoms. The molecule has 1 saturated heterocycles. The van der Waals surface area contributed by atoms with Crippen molar-refractivity contribution in [2.24, 2.45) is 0 Å². The van der Waals surface area contributed by atoms with Gasteiger partial charge in [-0.1, -0.05) is 0 Å². The number of aromatic hydroxyl groups is 1. The largest absolute Gasteiger partial charge is 0.508 e. The van der Waals surface area contributed by atoms with E-state index in [9.17, 15) is 4.79 Å². The van der Waals surface area contributed by atoms with Crippen LogP contribution in [0.15, 0.2) is 24.3 Å². The van der Waals surface area contributed by atoms with Gasteiger partial charge in [0.15, 0.2) is 0 Å². The van der Waals surface area contributed by atoms with E-state index in [1.807, 2.05) is 0 Å². The summed E-state index contributed by atoms with van der Waals surface area (Å²) < 4.78 is 0. The van der Waals surface area contributed by atoms with Gasteiger partial charge in [0.05, 0.1) is 0 Å². The number of nitrogens with one attached hydrogen (secondary N) is 2. The number of rotatable bonds is 4. The number of halogens is 1. The van der Waals surface area contributed by atoms with Gasteiger partial charge in [-0.25, -0.2) is 0 Å². The summed E-state index contributed by atoms with van der Waals surface area (Å²) in [5.41, 5.74) is 0.729. The molecule has 1 aliphatic heterocycles. The SMILES string of the molecule is Cl.O=C(CCC1CCCN1)Nc1ccc(O)cc1. The Morgan fingerprint density at radius 2 is 2.11 bits per heavy atom. The molecule has 1 heterocycles. The lowest BCUT2D eigenvalue weighted by molar-refractivity contribution is -0.116. The standard InChI is InChI=1S/C13H18N2O2.ClH/c16-12-6-3-11(4-7-12)15-13(17)8-5-10-2-1-9-14-10;/h3-4,6-7,10,14,16H,1-2,5,8-9H2,(H,15,17);1H. The number of carbonyl (C=O) groups excluding carboxylic acids is 1. The van der Waals surface area contributed by atoms with Crippen molar-refractivity contribution in [1.29, 1.82) is 0 Å². The smallest absolute Gasteiger partial charge is 0.224 e. The van der Waals surface area contributed by atoms with Crippen LogP contribution in [0, 0.1) is 0 Å². The Balaban J connectivity index is 0.00000162. The van der Waals surface area contributed by atoms with Gasteiger partial charge in [0.1, 0.15) is 5.75 Å².